The van der Waals surface area contributed by atoms with Crippen LogP contribution in [0, 0.1) is 6.92 Å². The van der Waals surface area contributed by atoms with Gasteiger partial charge in [-0.05, 0) is 24.6 Å². The van der Waals surface area contributed by atoms with E-state index in [4.69, 9.17) is 16.3 Å². The third kappa shape index (κ3) is 4.40. The largest absolute Gasteiger partial charge is 0.378 e. The summed E-state index contributed by atoms with van der Waals surface area (Å²) in [7, 11) is 0. The number of hydrogen-bond donors (Lipinski definition) is 1. The number of hydrazone groups is 1. The normalized spacial score (nSPS) is 15.1. The number of morpholine rings is 1. The van der Waals surface area contributed by atoms with E-state index in [0.29, 0.717) is 30.0 Å². The van der Waals surface area contributed by atoms with Crippen molar-refractivity contribution < 1.29 is 4.74 Å². The van der Waals surface area contributed by atoms with Gasteiger partial charge < -0.3 is 9.64 Å². The van der Waals surface area contributed by atoms with Crippen molar-refractivity contribution in [3.8, 4) is 0 Å². The van der Waals surface area contributed by atoms with E-state index in [-0.39, 0.29) is 0 Å². The highest BCUT2D eigenvalue weighted by atomic mass is 35.5. The fourth-order valence-corrected chi connectivity index (χ4v) is 2.36. The topological polar surface area (TPSA) is 62.6 Å². The second kappa shape index (κ2) is 7.39. The average Bonchev–Trinajstić information content (AvgIpc) is 2.57. The Hall–Kier alpha value is -2.18. The van der Waals surface area contributed by atoms with Gasteiger partial charge in [0.25, 0.3) is 0 Å². The molecule has 3 rings (SSSR count). The van der Waals surface area contributed by atoms with E-state index in [1.165, 1.54) is 0 Å². The van der Waals surface area contributed by atoms with Crippen molar-refractivity contribution in [2.24, 2.45) is 5.10 Å². The molecule has 0 spiro atoms. The van der Waals surface area contributed by atoms with E-state index >= 15 is 0 Å². The number of aryl methyl sites for hydroxylation is 1. The lowest BCUT2D eigenvalue weighted by atomic mass is 10.2. The molecule has 120 valence electrons. The Morgan fingerprint density at radius 3 is 2.70 bits per heavy atom. The summed E-state index contributed by atoms with van der Waals surface area (Å²) in [5, 5.41) is 4.92. The van der Waals surface area contributed by atoms with E-state index in [9.17, 15) is 0 Å². The number of nitrogens with zero attached hydrogens (tertiary/aromatic N) is 4. The van der Waals surface area contributed by atoms with Crippen molar-refractivity contribution in [1.29, 1.82) is 0 Å². The van der Waals surface area contributed by atoms with Crippen LogP contribution in [-0.2, 0) is 4.74 Å². The summed E-state index contributed by atoms with van der Waals surface area (Å²) in [5.74, 6) is 1.38. The Balaban J connectivity index is 1.69. The molecule has 2 heterocycles. The number of benzene rings is 1. The van der Waals surface area contributed by atoms with Gasteiger partial charge in [-0.25, -0.2) is 4.98 Å². The number of ether oxygens (including phenoxy) is 1. The van der Waals surface area contributed by atoms with Crippen molar-refractivity contribution in [3.63, 3.8) is 0 Å². The van der Waals surface area contributed by atoms with Crippen LogP contribution in [0.4, 0.5) is 11.8 Å². The number of nitrogens with one attached hydrogen (secondary N) is 1. The minimum absolute atomic E-state index is 0.671. The molecule has 0 radical (unpaired) electrons. The predicted octanol–water partition coefficient (Wildman–Crippen LogP) is 2.72. The molecule has 0 amide bonds. The van der Waals surface area contributed by atoms with Gasteiger partial charge in [-0.15, -0.1) is 0 Å². The molecule has 0 unspecified atom stereocenters. The lowest BCUT2D eigenvalue weighted by Crippen LogP contribution is -2.37. The van der Waals surface area contributed by atoms with Gasteiger partial charge >= 0.3 is 0 Å². The standard InChI is InChI=1S/C16H18ClN5O/c1-12-10-15(20-16(19-12)22-6-8-23-9-7-22)21-18-11-13-2-4-14(17)5-3-13/h2-5,10-11H,6-9H2,1H3,(H,19,20,21)/b18-11-. The number of aromatic nitrogens is 2. The molecule has 1 aliphatic heterocycles. The summed E-state index contributed by atoms with van der Waals surface area (Å²) in [6.45, 7) is 4.96. The van der Waals surface area contributed by atoms with Crippen LogP contribution in [0.25, 0.3) is 0 Å². The van der Waals surface area contributed by atoms with Crippen molar-refractivity contribution in [1.82, 2.24) is 9.97 Å². The molecule has 1 saturated heterocycles. The van der Waals surface area contributed by atoms with Crippen molar-refractivity contribution in [2.45, 2.75) is 6.92 Å². The first-order valence-corrected chi connectivity index (χ1v) is 7.81. The molecule has 0 bridgehead atoms. The van der Waals surface area contributed by atoms with Crippen molar-refractivity contribution in [2.75, 3.05) is 36.6 Å². The molecular formula is C16H18ClN5O. The number of halogens is 1. The fraction of sp³-hybridized carbons (Fsp3) is 0.312. The van der Waals surface area contributed by atoms with E-state index in [2.05, 4.69) is 25.4 Å². The number of rotatable bonds is 4. The highest BCUT2D eigenvalue weighted by Crippen LogP contribution is 2.15. The van der Waals surface area contributed by atoms with Gasteiger partial charge in [0.15, 0.2) is 5.82 Å². The summed E-state index contributed by atoms with van der Waals surface area (Å²) < 4.78 is 5.36. The number of anilines is 2. The summed E-state index contributed by atoms with van der Waals surface area (Å²) in [6.07, 6.45) is 1.72. The van der Waals surface area contributed by atoms with Gasteiger partial charge in [-0.1, -0.05) is 23.7 Å². The summed E-state index contributed by atoms with van der Waals surface area (Å²) in [6, 6.07) is 9.32. The lowest BCUT2D eigenvalue weighted by molar-refractivity contribution is 0.122. The molecule has 1 fully saturated rings. The molecule has 1 aromatic heterocycles. The van der Waals surface area contributed by atoms with Gasteiger partial charge in [0.05, 0.1) is 19.4 Å². The molecule has 1 N–H and O–H groups in total. The van der Waals surface area contributed by atoms with Crippen LogP contribution in [0.1, 0.15) is 11.3 Å². The fourth-order valence-electron chi connectivity index (χ4n) is 2.24. The van der Waals surface area contributed by atoms with Crippen LogP contribution in [0.5, 0.6) is 0 Å². The van der Waals surface area contributed by atoms with Crippen LogP contribution >= 0.6 is 11.6 Å². The summed E-state index contributed by atoms with van der Waals surface area (Å²) >= 11 is 5.86. The van der Waals surface area contributed by atoms with Crippen LogP contribution in [0.2, 0.25) is 5.02 Å². The van der Waals surface area contributed by atoms with Gasteiger partial charge in [0.2, 0.25) is 5.95 Å². The highest BCUT2D eigenvalue weighted by Gasteiger charge is 2.14. The van der Waals surface area contributed by atoms with Crippen LogP contribution in [0.15, 0.2) is 35.4 Å². The molecule has 7 heteroatoms. The Morgan fingerprint density at radius 2 is 1.96 bits per heavy atom. The molecule has 0 atom stereocenters. The quantitative estimate of drug-likeness (QED) is 0.689. The first-order valence-electron chi connectivity index (χ1n) is 7.44. The first-order chi connectivity index (χ1) is 11.2. The second-order valence-corrected chi connectivity index (χ2v) is 5.65. The highest BCUT2D eigenvalue weighted by molar-refractivity contribution is 6.30. The Morgan fingerprint density at radius 1 is 1.22 bits per heavy atom. The molecule has 0 saturated carbocycles. The van der Waals surface area contributed by atoms with Crippen LogP contribution < -0.4 is 10.3 Å². The molecule has 23 heavy (non-hydrogen) atoms. The van der Waals surface area contributed by atoms with Gasteiger partial charge in [-0.2, -0.15) is 10.1 Å². The SMILES string of the molecule is Cc1cc(N/N=C\c2ccc(Cl)cc2)nc(N2CCOCC2)n1. The molecule has 1 aromatic carbocycles. The molecule has 2 aromatic rings. The van der Waals surface area contributed by atoms with Crippen molar-refractivity contribution in [3.05, 3.63) is 46.6 Å². The maximum Gasteiger partial charge on any atom is 0.227 e. The minimum Gasteiger partial charge on any atom is -0.378 e. The lowest BCUT2D eigenvalue weighted by Gasteiger charge is -2.27. The molecule has 1 aliphatic rings. The zero-order chi connectivity index (χ0) is 16.1. The van der Waals surface area contributed by atoms with Gasteiger partial charge in [0, 0.05) is 29.9 Å². The minimum atomic E-state index is 0.671. The zero-order valence-electron chi connectivity index (χ0n) is 12.9. The molecular weight excluding hydrogens is 314 g/mol. The zero-order valence-corrected chi connectivity index (χ0v) is 13.6. The first kappa shape index (κ1) is 15.7. The van der Waals surface area contributed by atoms with E-state index in [0.717, 1.165) is 24.3 Å². The predicted molar refractivity (Wildman–Crippen MR) is 92.5 cm³/mol. The van der Waals surface area contributed by atoms with E-state index in [1.54, 1.807) is 6.21 Å². The average molecular weight is 332 g/mol. The van der Waals surface area contributed by atoms with E-state index in [1.807, 2.05) is 37.3 Å². The van der Waals surface area contributed by atoms with Gasteiger partial charge in [0.1, 0.15) is 0 Å². The maximum absolute atomic E-state index is 5.86. The number of hydrogen-bond acceptors (Lipinski definition) is 6. The third-order valence-corrected chi connectivity index (χ3v) is 3.65. The summed E-state index contributed by atoms with van der Waals surface area (Å²) in [5.41, 5.74) is 4.81. The monoisotopic (exact) mass is 331 g/mol. The maximum atomic E-state index is 5.86. The Labute approximate surface area is 140 Å². The second-order valence-electron chi connectivity index (χ2n) is 5.22. The Kier molecular flexibility index (Phi) is 5.05. The summed E-state index contributed by atoms with van der Waals surface area (Å²) in [4.78, 5) is 11.1. The molecule has 6 nitrogen and oxygen atoms in total. The smallest absolute Gasteiger partial charge is 0.227 e. The molecule has 0 aliphatic carbocycles. The third-order valence-electron chi connectivity index (χ3n) is 3.40. The Bertz CT molecular complexity index is 683. The van der Waals surface area contributed by atoms with E-state index < -0.39 is 0 Å². The van der Waals surface area contributed by atoms with Crippen molar-refractivity contribution >= 4 is 29.6 Å². The van der Waals surface area contributed by atoms with Gasteiger partial charge in [-0.3, -0.25) is 5.43 Å². The van der Waals surface area contributed by atoms with Crippen LogP contribution in [-0.4, -0.2) is 42.5 Å². The van der Waals surface area contributed by atoms with Crippen LogP contribution in [0.3, 0.4) is 0 Å².